The van der Waals surface area contributed by atoms with Crippen LogP contribution in [-0.4, -0.2) is 75.5 Å². The van der Waals surface area contributed by atoms with Crippen molar-refractivity contribution in [2.45, 2.75) is 39.2 Å². The van der Waals surface area contributed by atoms with Crippen molar-refractivity contribution in [3.05, 3.63) is 35.9 Å². The van der Waals surface area contributed by atoms with Gasteiger partial charge in [-0.1, -0.05) is 30.3 Å². The van der Waals surface area contributed by atoms with Gasteiger partial charge >= 0.3 is 0 Å². The summed E-state index contributed by atoms with van der Waals surface area (Å²) in [4.78, 5) is 0. The molecule has 1 atom stereocenters. The highest BCUT2D eigenvalue weighted by molar-refractivity contribution is 5.15. The van der Waals surface area contributed by atoms with Gasteiger partial charge in [-0.15, -0.1) is 0 Å². The highest BCUT2D eigenvalue weighted by atomic mass is 127. The fraction of sp³-hybridized carbons (Fsp3) is 0.727. The molecule has 1 saturated heterocycles. The molecule has 0 aliphatic carbocycles. The molecular formula is C22H40I2N2O. The van der Waals surface area contributed by atoms with E-state index >= 15 is 0 Å². The lowest BCUT2D eigenvalue weighted by atomic mass is 9.87. The first-order valence-electron chi connectivity index (χ1n) is 10.2. The molecule has 3 nitrogen and oxygen atoms in total. The number of nitrogens with zero attached hydrogens (tertiary/aromatic N) is 2. The predicted octanol–water partition coefficient (Wildman–Crippen LogP) is -2.40. The van der Waals surface area contributed by atoms with Crippen LogP contribution in [0.25, 0.3) is 0 Å². The molecule has 0 aromatic heterocycles. The maximum Gasteiger partial charge on any atom is 0.102 e. The molecule has 0 N–H and O–H groups in total. The molecule has 5 heteroatoms. The first-order valence-corrected chi connectivity index (χ1v) is 10.2. The lowest BCUT2D eigenvalue weighted by molar-refractivity contribution is -0.906. The number of benzene rings is 1. The Morgan fingerprint density at radius 2 is 1.59 bits per heavy atom. The molecule has 0 amide bonds. The summed E-state index contributed by atoms with van der Waals surface area (Å²) in [5.41, 5.74) is 1.41. The molecule has 1 unspecified atom stereocenters. The number of halogens is 2. The molecule has 0 spiro atoms. The Morgan fingerprint density at radius 1 is 1.04 bits per heavy atom. The second-order valence-electron chi connectivity index (χ2n) is 8.79. The van der Waals surface area contributed by atoms with Gasteiger partial charge < -0.3 is 61.7 Å². The molecule has 1 aliphatic rings. The fourth-order valence-electron chi connectivity index (χ4n) is 3.83. The zero-order valence-electron chi connectivity index (χ0n) is 18.0. The molecule has 0 bridgehead atoms. The van der Waals surface area contributed by atoms with E-state index < -0.39 is 0 Å². The minimum atomic E-state index is 0. The Morgan fingerprint density at radius 3 is 2.11 bits per heavy atom. The molecule has 1 aliphatic heterocycles. The summed E-state index contributed by atoms with van der Waals surface area (Å²) in [6.07, 6.45) is 4.00. The summed E-state index contributed by atoms with van der Waals surface area (Å²) in [6.45, 7) is 11.5. The number of likely N-dealkylation sites (N-methyl/N-ethyl adjacent to an activating group) is 1. The number of rotatable bonds is 9. The van der Waals surface area contributed by atoms with Crippen molar-refractivity contribution in [1.82, 2.24) is 0 Å². The fourth-order valence-corrected chi connectivity index (χ4v) is 3.83. The van der Waals surface area contributed by atoms with Crippen LogP contribution in [0, 0.1) is 5.92 Å². The van der Waals surface area contributed by atoms with Crippen molar-refractivity contribution in [1.29, 1.82) is 0 Å². The maximum absolute atomic E-state index is 6.53. The minimum Gasteiger partial charge on any atom is -1.00 e. The van der Waals surface area contributed by atoms with Crippen molar-refractivity contribution in [2.75, 3.05) is 60.5 Å². The number of likely N-dealkylation sites (tertiary alicyclic amines) is 1. The molecule has 0 saturated carbocycles. The van der Waals surface area contributed by atoms with Crippen LogP contribution in [0.15, 0.2) is 30.3 Å². The Bertz CT molecular complexity index is 496. The Balaban J connectivity index is 0.00000338. The van der Waals surface area contributed by atoms with Gasteiger partial charge in [-0.2, -0.15) is 0 Å². The predicted molar refractivity (Wildman–Crippen MR) is 107 cm³/mol. The van der Waals surface area contributed by atoms with Crippen molar-refractivity contribution < 1.29 is 61.7 Å². The van der Waals surface area contributed by atoms with E-state index in [-0.39, 0.29) is 48.0 Å². The Hall–Kier alpha value is 0.560. The number of piperidine rings is 1. The monoisotopic (exact) mass is 602 g/mol. The molecule has 1 aromatic carbocycles. The zero-order valence-corrected chi connectivity index (χ0v) is 22.3. The van der Waals surface area contributed by atoms with Gasteiger partial charge in [0.1, 0.15) is 6.54 Å². The molecule has 158 valence electrons. The highest BCUT2D eigenvalue weighted by Gasteiger charge is 2.32. The minimum absolute atomic E-state index is 0. The van der Waals surface area contributed by atoms with Gasteiger partial charge in [-0.3, -0.25) is 0 Å². The summed E-state index contributed by atoms with van der Waals surface area (Å²) in [6, 6.07) is 10.9. The second-order valence-corrected chi connectivity index (χ2v) is 8.79. The summed E-state index contributed by atoms with van der Waals surface area (Å²) >= 11 is 0. The van der Waals surface area contributed by atoms with Crippen LogP contribution in [0.3, 0.4) is 0 Å². The van der Waals surface area contributed by atoms with E-state index in [4.69, 9.17) is 4.74 Å². The van der Waals surface area contributed by atoms with Gasteiger partial charge in [0.05, 0.1) is 60.0 Å². The van der Waals surface area contributed by atoms with Gasteiger partial charge in [0.2, 0.25) is 0 Å². The van der Waals surface area contributed by atoms with E-state index in [0.29, 0.717) is 12.0 Å². The quantitative estimate of drug-likeness (QED) is 0.227. The first kappa shape index (κ1) is 27.6. The normalized spacial score (nSPS) is 18.3. The number of ether oxygens (including phenoxy) is 1. The van der Waals surface area contributed by atoms with Gasteiger partial charge in [-0.25, -0.2) is 0 Å². The molecule has 1 fully saturated rings. The van der Waals surface area contributed by atoms with Crippen molar-refractivity contribution in [2.24, 2.45) is 5.92 Å². The molecule has 27 heavy (non-hydrogen) atoms. The van der Waals surface area contributed by atoms with Crippen LogP contribution in [0.4, 0.5) is 0 Å². The summed E-state index contributed by atoms with van der Waals surface area (Å²) in [7, 11) is 7.06. The van der Waals surface area contributed by atoms with E-state index in [0.717, 1.165) is 28.5 Å². The third-order valence-corrected chi connectivity index (χ3v) is 6.51. The third-order valence-electron chi connectivity index (χ3n) is 6.51. The summed E-state index contributed by atoms with van der Waals surface area (Å²) < 4.78 is 8.80. The van der Waals surface area contributed by atoms with Gasteiger partial charge in [0.15, 0.2) is 0 Å². The maximum atomic E-state index is 6.53. The second kappa shape index (κ2) is 13.0. The van der Waals surface area contributed by atoms with Gasteiger partial charge in [0, 0.05) is 12.8 Å². The zero-order chi connectivity index (χ0) is 18.3. The number of quaternary nitrogens is 2. The third kappa shape index (κ3) is 9.28. The standard InChI is InChI=1S/C22H40N2O.2HI/c1-6-24(5,7-2)17-18-25-22(19-20-11-9-8-10-12-20)21-13-15-23(3,4)16-14-21;;/h8-12,21-22H,6-7,13-19H2,1-5H3;2*1H/q+2;;/p-2. The summed E-state index contributed by atoms with van der Waals surface area (Å²) in [5.74, 6) is 0.702. The molecular weight excluding hydrogens is 562 g/mol. The lowest BCUT2D eigenvalue weighted by Gasteiger charge is -2.40. The lowest BCUT2D eigenvalue weighted by Crippen LogP contribution is -3.00. The van der Waals surface area contributed by atoms with E-state index in [1.807, 2.05) is 0 Å². The van der Waals surface area contributed by atoms with E-state index in [2.05, 4.69) is 65.3 Å². The van der Waals surface area contributed by atoms with Crippen LogP contribution in [0.2, 0.25) is 0 Å². The average Bonchev–Trinajstić information content (AvgIpc) is 2.61. The smallest absolute Gasteiger partial charge is 0.102 e. The van der Waals surface area contributed by atoms with Gasteiger partial charge in [0.25, 0.3) is 0 Å². The van der Waals surface area contributed by atoms with Crippen LogP contribution in [0.5, 0.6) is 0 Å². The topological polar surface area (TPSA) is 9.23 Å². The number of hydrogen-bond acceptors (Lipinski definition) is 1. The Kier molecular flexibility index (Phi) is 13.3. The SMILES string of the molecule is CC[N+](C)(CC)CCOC(Cc1ccccc1)C1CC[N+](C)(C)CC1.[I-].[I-]. The van der Waals surface area contributed by atoms with Crippen molar-refractivity contribution >= 4 is 0 Å². The largest absolute Gasteiger partial charge is 1.00 e. The first-order chi connectivity index (χ1) is 11.9. The molecule has 1 heterocycles. The van der Waals surface area contributed by atoms with Crippen LogP contribution in [0.1, 0.15) is 32.3 Å². The van der Waals surface area contributed by atoms with E-state index in [1.54, 1.807) is 0 Å². The molecule has 1 aromatic rings. The number of hydrogen-bond donors (Lipinski definition) is 0. The highest BCUT2D eigenvalue weighted by Crippen LogP contribution is 2.27. The van der Waals surface area contributed by atoms with Crippen molar-refractivity contribution in [3.63, 3.8) is 0 Å². The molecule has 2 rings (SSSR count). The van der Waals surface area contributed by atoms with E-state index in [9.17, 15) is 0 Å². The average molecular weight is 602 g/mol. The van der Waals surface area contributed by atoms with Crippen molar-refractivity contribution in [3.8, 4) is 0 Å². The van der Waals surface area contributed by atoms with Crippen LogP contribution in [-0.2, 0) is 11.2 Å². The molecule has 0 radical (unpaired) electrons. The summed E-state index contributed by atoms with van der Waals surface area (Å²) in [5, 5.41) is 0. The Labute approximate surface area is 202 Å². The van der Waals surface area contributed by atoms with Gasteiger partial charge in [-0.05, 0) is 31.7 Å². The van der Waals surface area contributed by atoms with Crippen LogP contribution >= 0.6 is 0 Å². The van der Waals surface area contributed by atoms with E-state index in [1.165, 1.54) is 44.6 Å². The van der Waals surface area contributed by atoms with Crippen LogP contribution < -0.4 is 48.0 Å².